The van der Waals surface area contributed by atoms with Gasteiger partial charge in [0.25, 0.3) is 0 Å². The summed E-state index contributed by atoms with van der Waals surface area (Å²) < 4.78 is 0. The van der Waals surface area contributed by atoms with Gasteiger partial charge >= 0.3 is 0 Å². The van der Waals surface area contributed by atoms with Crippen molar-refractivity contribution in [1.29, 1.82) is 0 Å². The van der Waals surface area contributed by atoms with Crippen molar-refractivity contribution in [3.05, 3.63) is 59.8 Å². The van der Waals surface area contributed by atoms with Crippen molar-refractivity contribution in [3.63, 3.8) is 0 Å². The second-order valence-electron chi connectivity index (χ2n) is 3.68. The molecule has 0 heteroatoms. The summed E-state index contributed by atoms with van der Waals surface area (Å²) >= 11 is 0. The van der Waals surface area contributed by atoms with E-state index in [-0.39, 0.29) is 0 Å². The maximum Gasteiger partial charge on any atom is -0.00238 e. The molecule has 0 atom stereocenters. The smallest absolute Gasteiger partial charge is 0.00238 e. The number of rotatable bonds is 2. The predicted octanol–water partition coefficient (Wildman–Crippen LogP) is 4.34. The van der Waals surface area contributed by atoms with E-state index in [0.29, 0.717) is 0 Å². The number of hydrogen-bond donors (Lipinski definition) is 0. The second kappa shape index (κ2) is 4.80. The van der Waals surface area contributed by atoms with Crippen molar-refractivity contribution in [2.75, 3.05) is 0 Å². The lowest BCUT2D eigenvalue weighted by Gasteiger charge is -2.20. The van der Waals surface area contributed by atoms with Crippen LogP contribution in [0.5, 0.6) is 0 Å². The van der Waals surface area contributed by atoms with Gasteiger partial charge in [-0.3, -0.25) is 0 Å². The fourth-order valence-corrected chi connectivity index (χ4v) is 1.66. The van der Waals surface area contributed by atoms with Gasteiger partial charge in [0, 0.05) is 0 Å². The Hall–Kier alpha value is -1.30. The van der Waals surface area contributed by atoms with Crippen LogP contribution in [-0.2, 0) is 0 Å². The van der Waals surface area contributed by atoms with Gasteiger partial charge < -0.3 is 0 Å². The molecule has 1 rings (SSSR count). The molecule has 0 aromatic rings. The molecule has 0 unspecified atom stereocenters. The third-order valence-corrected chi connectivity index (χ3v) is 2.60. The van der Waals surface area contributed by atoms with Crippen molar-refractivity contribution >= 4 is 0 Å². The van der Waals surface area contributed by atoms with Gasteiger partial charge in [-0.05, 0) is 43.4 Å². The van der Waals surface area contributed by atoms with Gasteiger partial charge in [-0.25, -0.2) is 0 Å². The topological polar surface area (TPSA) is 0 Å². The van der Waals surface area contributed by atoms with Crippen LogP contribution in [0.15, 0.2) is 59.8 Å². The van der Waals surface area contributed by atoms with Crippen molar-refractivity contribution in [3.8, 4) is 0 Å². The Kier molecular flexibility index (Phi) is 3.70. The lowest BCUT2D eigenvalue weighted by atomic mass is 9.85. The third kappa shape index (κ3) is 2.35. The molecule has 74 valence electrons. The van der Waals surface area contributed by atoms with E-state index in [1.165, 1.54) is 22.3 Å². The van der Waals surface area contributed by atoms with Crippen LogP contribution < -0.4 is 0 Å². The van der Waals surface area contributed by atoms with Gasteiger partial charge in [-0.1, -0.05) is 43.0 Å². The summed E-state index contributed by atoms with van der Waals surface area (Å²) in [5.74, 6) is 0. The summed E-state index contributed by atoms with van der Waals surface area (Å²) in [6.45, 7) is 12.1. The van der Waals surface area contributed by atoms with Crippen molar-refractivity contribution in [2.24, 2.45) is 0 Å². The summed E-state index contributed by atoms with van der Waals surface area (Å²) in [7, 11) is 0. The normalized spacial score (nSPS) is 21.0. The zero-order valence-corrected chi connectivity index (χ0v) is 9.14. The highest BCUT2D eigenvalue weighted by Gasteiger charge is 2.13. The van der Waals surface area contributed by atoms with E-state index in [4.69, 9.17) is 0 Å². The van der Waals surface area contributed by atoms with Gasteiger partial charge in [0.1, 0.15) is 0 Å². The molecular formula is C14H18. The van der Waals surface area contributed by atoms with E-state index in [1.54, 1.807) is 0 Å². The fraction of sp³-hybridized carbons (Fsp3) is 0.286. The minimum atomic E-state index is 0.985. The van der Waals surface area contributed by atoms with Crippen molar-refractivity contribution in [1.82, 2.24) is 0 Å². The van der Waals surface area contributed by atoms with Crippen LogP contribution in [-0.4, -0.2) is 0 Å². The second-order valence-corrected chi connectivity index (χ2v) is 3.68. The molecule has 0 amide bonds. The zero-order valence-electron chi connectivity index (χ0n) is 9.14. The predicted molar refractivity (Wildman–Crippen MR) is 64.2 cm³/mol. The van der Waals surface area contributed by atoms with Crippen LogP contribution in [0.2, 0.25) is 0 Å². The van der Waals surface area contributed by atoms with Gasteiger partial charge in [0.2, 0.25) is 0 Å². The largest absolute Gasteiger partial charge is 0.0988 e. The molecule has 0 nitrogen and oxygen atoms in total. The molecule has 1 aliphatic carbocycles. The first-order valence-corrected chi connectivity index (χ1v) is 5.00. The Balaban J connectivity index is 2.95. The first-order chi connectivity index (χ1) is 6.69. The molecule has 0 spiro atoms. The standard InChI is InChI=1S/C14H18/c1-5-7-8-14-10-13(6-2)11(3)9-12(14)4/h5-8H,2,4,9-10H2,1,3H3/b7-5-,14-8-. The highest BCUT2D eigenvalue weighted by Crippen LogP contribution is 2.32. The summed E-state index contributed by atoms with van der Waals surface area (Å²) in [5, 5.41) is 0. The molecule has 0 N–H and O–H groups in total. The van der Waals surface area contributed by atoms with E-state index in [1.807, 2.05) is 19.1 Å². The van der Waals surface area contributed by atoms with E-state index < -0.39 is 0 Å². The van der Waals surface area contributed by atoms with Crippen LogP contribution in [0.3, 0.4) is 0 Å². The molecule has 0 aromatic carbocycles. The maximum absolute atomic E-state index is 4.10. The molecule has 0 saturated heterocycles. The number of hydrogen-bond acceptors (Lipinski definition) is 0. The van der Waals surface area contributed by atoms with Gasteiger partial charge in [0.15, 0.2) is 0 Å². The molecule has 1 aliphatic rings. The molecule has 14 heavy (non-hydrogen) atoms. The first-order valence-electron chi connectivity index (χ1n) is 5.00. The molecular weight excluding hydrogens is 168 g/mol. The van der Waals surface area contributed by atoms with Crippen LogP contribution >= 0.6 is 0 Å². The highest BCUT2D eigenvalue weighted by molar-refractivity contribution is 5.46. The third-order valence-electron chi connectivity index (χ3n) is 2.60. The lowest BCUT2D eigenvalue weighted by Crippen LogP contribution is -2.01. The van der Waals surface area contributed by atoms with Gasteiger partial charge in [-0.2, -0.15) is 0 Å². The Morgan fingerprint density at radius 3 is 2.57 bits per heavy atom. The average molecular weight is 186 g/mol. The van der Waals surface area contributed by atoms with Gasteiger partial charge in [-0.15, -0.1) is 0 Å². The Morgan fingerprint density at radius 2 is 2.00 bits per heavy atom. The van der Waals surface area contributed by atoms with E-state index >= 15 is 0 Å². The average Bonchev–Trinajstić information content (AvgIpc) is 2.17. The van der Waals surface area contributed by atoms with E-state index in [2.05, 4.69) is 32.2 Å². The van der Waals surface area contributed by atoms with Gasteiger partial charge in [0.05, 0.1) is 0 Å². The Morgan fingerprint density at radius 1 is 1.29 bits per heavy atom. The quantitative estimate of drug-likeness (QED) is 0.601. The molecule has 0 fully saturated rings. The first kappa shape index (κ1) is 10.8. The van der Waals surface area contributed by atoms with Crippen LogP contribution in [0.1, 0.15) is 26.7 Å². The summed E-state index contributed by atoms with van der Waals surface area (Å²) in [4.78, 5) is 0. The summed E-state index contributed by atoms with van der Waals surface area (Å²) in [6.07, 6.45) is 10.2. The maximum atomic E-state index is 4.10. The van der Waals surface area contributed by atoms with Crippen molar-refractivity contribution < 1.29 is 0 Å². The summed E-state index contributed by atoms with van der Waals surface area (Å²) in [6, 6.07) is 0. The SMILES string of the molecule is C=CC1=C(C)CC(=C)/C(=C\C=C/C)C1. The highest BCUT2D eigenvalue weighted by atomic mass is 14.2. The van der Waals surface area contributed by atoms with E-state index in [0.717, 1.165) is 12.8 Å². The fourth-order valence-electron chi connectivity index (χ4n) is 1.66. The minimum Gasteiger partial charge on any atom is -0.0988 e. The van der Waals surface area contributed by atoms with Crippen LogP contribution in [0, 0.1) is 0 Å². The molecule has 0 saturated carbocycles. The Labute approximate surface area is 87.0 Å². The lowest BCUT2D eigenvalue weighted by molar-refractivity contribution is 0.973. The number of allylic oxidation sites excluding steroid dienone is 8. The van der Waals surface area contributed by atoms with Crippen LogP contribution in [0.25, 0.3) is 0 Å². The molecule has 0 bridgehead atoms. The molecule has 0 aliphatic heterocycles. The van der Waals surface area contributed by atoms with Crippen LogP contribution in [0.4, 0.5) is 0 Å². The van der Waals surface area contributed by atoms with Crippen molar-refractivity contribution in [2.45, 2.75) is 26.7 Å². The molecule has 0 radical (unpaired) electrons. The van der Waals surface area contributed by atoms with E-state index in [9.17, 15) is 0 Å². The minimum absolute atomic E-state index is 0.985. The Bertz CT molecular complexity index is 335. The molecule has 0 heterocycles. The zero-order chi connectivity index (χ0) is 10.6. The monoisotopic (exact) mass is 186 g/mol. The summed E-state index contributed by atoms with van der Waals surface area (Å²) in [5.41, 5.74) is 5.34. The molecule has 0 aromatic heterocycles.